The largest absolute Gasteiger partial charge is 0.396 e. The molecule has 1 heterocycles. The number of aliphatic hydroxyl groups is 1. The highest BCUT2D eigenvalue weighted by Gasteiger charge is 2.06. The first-order valence-corrected chi connectivity index (χ1v) is 7.43. The summed E-state index contributed by atoms with van der Waals surface area (Å²) in [6.07, 6.45) is 0.876. The van der Waals surface area contributed by atoms with E-state index in [0.717, 1.165) is 35.4 Å². The van der Waals surface area contributed by atoms with Gasteiger partial charge in [-0.1, -0.05) is 13.8 Å². The van der Waals surface area contributed by atoms with Crippen LogP contribution in [0.25, 0.3) is 0 Å². The van der Waals surface area contributed by atoms with Gasteiger partial charge in [-0.15, -0.1) is 0 Å². The van der Waals surface area contributed by atoms with Gasteiger partial charge in [-0.3, -0.25) is 0 Å². The van der Waals surface area contributed by atoms with Crippen LogP contribution < -0.4 is 5.32 Å². The molecule has 0 aliphatic carbocycles. The topological polar surface area (TPSA) is 58.0 Å². The van der Waals surface area contributed by atoms with Crippen molar-refractivity contribution in [3.63, 3.8) is 0 Å². The average molecular weight is 261 g/mol. The van der Waals surface area contributed by atoms with E-state index in [-0.39, 0.29) is 6.61 Å². The van der Waals surface area contributed by atoms with Crippen LogP contribution in [0.1, 0.15) is 32.0 Å². The Morgan fingerprint density at radius 3 is 2.88 bits per heavy atom. The predicted octanol–water partition coefficient (Wildman–Crippen LogP) is 2.19. The van der Waals surface area contributed by atoms with E-state index in [1.54, 1.807) is 0 Å². The molecule has 16 heavy (non-hydrogen) atoms. The van der Waals surface area contributed by atoms with Crippen molar-refractivity contribution in [1.29, 1.82) is 0 Å². The summed E-state index contributed by atoms with van der Waals surface area (Å²) in [6, 6.07) is 0. The molecule has 92 valence electrons. The van der Waals surface area contributed by atoms with Gasteiger partial charge >= 0.3 is 0 Å². The van der Waals surface area contributed by atoms with Gasteiger partial charge in [0.2, 0.25) is 5.13 Å². The maximum absolute atomic E-state index is 8.61. The predicted molar refractivity (Wildman–Crippen MR) is 71.5 cm³/mol. The van der Waals surface area contributed by atoms with Crippen molar-refractivity contribution < 1.29 is 5.11 Å². The number of nitrogens with one attached hydrogen (secondary N) is 1. The number of rotatable bonds is 8. The number of nitrogens with zero attached hydrogens (tertiary/aromatic N) is 2. The summed E-state index contributed by atoms with van der Waals surface area (Å²) in [6.45, 7) is 5.38. The first-order valence-electron chi connectivity index (χ1n) is 5.50. The van der Waals surface area contributed by atoms with Crippen molar-refractivity contribution in [2.45, 2.75) is 26.2 Å². The summed E-state index contributed by atoms with van der Waals surface area (Å²) in [4.78, 5) is 4.39. The highest BCUT2D eigenvalue weighted by molar-refractivity contribution is 7.99. The van der Waals surface area contributed by atoms with Crippen molar-refractivity contribution >= 4 is 28.4 Å². The molecule has 0 spiro atoms. The Morgan fingerprint density at radius 2 is 2.25 bits per heavy atom. The SMILES string of the molecule is CC(C)c1nsc(NCCSCCCO)n1. The van der Waals surface area contributed by atoms with Gasteiger partial charge in [-0.2, -0.15) is 16.1 Å². The van der Waals surface area contributed by atoms with Crippen molar-refractivity contribution in [3.8, 4) is 0 Å². The number of aliphatic hydroxyl groups excluding tert-OH is 1. The fourth-order valence-corrected chi connectivity index (χ4v) is 2.56. The number of aromatic nitrogens is 2. The second-order valence-electron chi connectivity index (χ2n) is 3.73. The minimum absolute atomic E-state index is 0.286. The van der Waals surface area contributed by atoms with Gasteiger partial charge in [-0.05, 0) is 12.2 Å². The smallest absolute Gasteiger partial charge is 0.202 e. The molecule has 1 aromatic rings. The van der Waals surface area contributed by atoms with E-state index >= 15 is 0 Å². The Balaban J connectivity index is 2.12. The van der Waals surface area contributed by atoms with Crippen LogP contribution in [0.5, 0.6) is 0 Å². The normalized spacial score (nSPS) is 11.0. The number of thioether (sulfide) groups is 1. The molecular formula is C10H19N3OS2. The highest BCUT2D eigenvalue weighted by atomic mass is 32.2. The van der Waals surface area contributed by atoms with E-state index in [4.69, 9.17) is 5.11 Å². The molecule has 0 aromatic carbocycles. The lowest BCUT2D eigenvalue weighted by atomic mass is 10.2. The van der Waals surface area contributed by atoms with Crippen molar-refractivity contribution in [2.75, 3.05) is 30.0 Å². The van der Waals surface area contributed by atoms with Crippen LogP contribution in [0.15, 0.2) is 0 Å². The Labute approximate surface area is 105 Å². The molecule has 0 aliphatic rings. The summed E-state index contributed by atoms with van der Waals surface area (Å²) in [5.41, 5.74) is 0. The third kappa shape index (κ3) is 5.14. The lowest BCUT2D eigenvalue weighted by Gasteiger charge is -2.01. The molecule has 0 bridgehead atoms. The van der Waals surface area contributed by atoms with Gasteiger partial charge in [0, 0.05) is 36.4 Å². The second kappa shape index (κ2) is 7.86. The van der Waals surface area contributed by atoms with Crippen LogP contribution >= 0.6 is 23.3 Å². The monoisotopic (exact) mass is 261 g/mol. The molecule has 0 amide bonds. The summed E-state index contributed by atoms with van der Waals surface area (Å²) < 4.78 is 4.27. The molecule has 0 saturated heterocycles. The molecule has 0 atom stereocenters. The summed E-state index contributed by atoms with van der Waals surface area (Å²) in [5, 5.41) is 12.8. The van der Waals surface area contributed by atoms with Gasteiger partial charge in [0.1, 0.15) is 5.82 Å². The molecule has 0 radical (unpaired) electrons. The molecular weight excluding hydrogens is 242 g/mol. The zero-order chi connectivity index (χ0) is 11.8. The Hall–Kier alpha value is -0.330. The minimum Gasteiger partial charge on any atom is -0.396 e. The Bertz CT molecular complexity index is 291. The lowest BCUT2D eigenvalue weighted by Crippen LogP contribution is -2.04. The molecule has 0 unspecified atom stereocenters. The van der Waals surface area contributed by atoms with Gasteiger partial charge in [0.25, 0.3) is 0 Å². The van der Waals surface area contributed by atoms with Gasteiger partial charge in [-0.25, -0.2) is 4.98 Å². The van der Waals surface area contributed by atoms with Crippen LogP contribution in [-0.4, -0.2) is 39.1 Å². The molecule has 1 aromatic heterocycles. The minimum atomic E-state index is 0.286. The summed E-state index contributed by atoms with van der Waals surface area (Å²) in [7, 11) is 0. The van der Waals surface area contributed by atoms with E-state index < -0.39 is 0 Å². The van der Waals surface area contributed by atoms with Crippen molar-refractivity contribution in [1.82, 2.24) is 9.36 Å². The zero-order valence-electron chi connectivity index (χ0n) is 9.77. The molecule has 0 aliphatic heterocycles. The van der Waals surface area contributed by atoms with Gasteiger partial charge in [0.05, 0.1) is 0 Å². The number of hydrogen-bond acceptors (Lipinski definition) is 6. The first kappa shape index (κ1) is 13.7. The van der Waals surface area contributed by atoms with Crippen molar-refractivity contribution in [3.05, 3.63) is 5.82 Å². The summed E-state index contributed by atoms with van der Waals surface area (Å²) in [5.74, 6) is 3.37. The average Bonchev–Trinajstić information content (AvgIpc) is 2.72. The van der Waals surface area contributed by atoms with Gasteiger partial charge in [0.15, 0.2) is 0 Å². The van der Waals surface area contributed by atoms with Gasteiger partial charge < -0.3 is 10.4 Å². The zero-order valence-corrected chi connectivity index (χ0v) is 11.4. The maximum atomic E-state index is 8.61. The fraction of sp³-hybridized carbons (Fsp3) is 0.800. The van der Waals surface area contributed by atoms with E-state index in [0.29, 0.717) is 5.92 Å². The van der Waals surface area contributed by atoms with Crippen LogP contribution in [0.4, 0.5) is 5.13 Å². The maximum Gasteiger partial charge on any atom is 0.202 e. The standard InChI is InChI=1S/C10H19N3OS2/c1-8(2)9-12-10(16-13-9)11-4-7-15-6-3-5-14/h8,14H,3-7H2,1-2H3,(H,11,12,13). The van der Waals surface area contributed by atoms with E-state index in [1.165, 1.54) is 11.5 Å². The summed E-state index contributed by atoms with van der Waals surface area (Å²) >= 11 is 3.27. The fourth-order valence-electron chi connectivity index (χ4n) is 1.04. The van der Waals surface area contributed by atoms with Crippen molar-refractivity contribution in [2.24, 2.45) is 0 Å². The van der Waals surface area contributed by atoms with Crippen LogP contribution in [0.3, 0.4) is 0 Å². The number of hydrogen-bond donors (Lipinski definition) is 2. The third-order valence-corrected chi connectivity index (χ3v) is 3.68. The van der Waals surface area contributed by atoms with Crippen LogP contribution in [-0.2, 0) is 0 Å². The third-order valence-electron chi connectivity index (χ3n) is 1.93. The van der Waals surface area contributed by atoms with E-state index in [2.05, 4.69) is 28.5 Å². The Kier molecular flexibility index (Phi) is 6.75. The number of anilines is 1. The molecule has 2 N–H and O–H groups in total. The first-order chi connectivity index (χ1) is 7.74. The highest BCUT2D eigenvalue weighted by Crippen LogP contribution is 2.17. The van der Waals surface area contributed by atoms with E-state index in [1.807, 2.05) is 11.8 Å². The Morgan fingerprint density at radius 1 is 1.44 bits per heavy atom. The molecule has 0 fully saturated rings. The lowest BCUT2D eigenvalue weighted by molar-refractivity contribution is 0.296. The van der Waals surface area contributed by atoms with Crippen LogP contribution in [0, 0.1) is 0 Å². The molecule has 1 rings (SSSR count). The quantitative estimate of drug-likeness (QED) is 0.703. The van der Waals surface area contributed by atoms with E-state index in [9.17, 15) is 0 Å². The molecule has 6 heteroatoms. The molecule has 0 saturated carbocycles. The molecule has 4 nitrogen and oxygen atoms in total. The second-order valence-corrected chi connectivity index (χ2v) is 5.71. The van der Waals surface area contributed by atoms with Crippen LogP contribution in [0.2, 0.25) is 0 Å².